The maximum atomic E-state index is 14.9. The minimum Gasteiger partial charge on any atom is -0.497 e. The Morgan fingerprint density at radius 1 is 1.00 bits per heavy atom. The molecule has 0 bridgehead atoms. The molecule has 3 N–H and O–H groups in total. The van der Waals surface area contributed by atoms with Crippen LogP contribution in [0.4, 0.5) is 22.4 Å². The van der Waals surface area contributed by atoms with Crippen LogP contribution in [0.1, 0.15) is 72.6 Å². The van der Waals surface area contributed by atoms with Gasteiger partial charge >= 0.3 is 12.3 Å². The van der Waals surface area contributed by atoms with Gasteiger partial charge in [-0.2, -0.15) is 13.2 Å². The molecule has 7 rings (SSSR count). The van der Waals surface area contributed by atoms with Gasteiger partial charge in [0.2, 0.25) is 33.3 Å². The summed E-state index contributed by atoms with van der Waals surface area (Å²) in [5, 5.41) is 5.60. The second-order valence-electron chi connectivity index (χ2n) is 17.7. The molecule has 4 aliphatic rings. The molecule has 2 aromatic carbocycles. The molecule has 0 spiro atoms. The van der Waals surface area contributed by atoms with Crippen LogP contribution in [-0.4, -0.2) is 96.5 Å². The SMILES string of the molecule is COc1ccc2c(OC3CC4C(=O)NC5(C(=O)NS(=O)(=O)C6CC6)CC5C=CCCC(C)CC(C)C(NC(=O)OC(C)(C)C(F)(F)F)C(=O)N4C3)nc(-c3ccc(F)cc3)cc2c1. The van der Waals surface area contributed by atoms with E-state index in [2.05, 4.69) is 15.4 Å². The molecule has 0 radical (unpaired) electrons. The quantitative estimate of drug-likeness (QED) is 0.162. The number of nitrogens with zero attached hydrogens (tertiary/aromatic N) is 2. The van der Waals surface area contributed by atoms with E-state index in [-0.39, 0.29) is 31.2 Å². The summed E-state index contributed by atoms with van der Waals surface area (Å²) in [5.74, 6) is -3.71. The van der Waals surface area contributed by atoms with E-state index < -0.39 is 92.2 Å². The zero-order valence-corrected chi connectivity index (χ0v) is 36.3. The molecule has 7 atom stereocenters. The van der Waals surface area contributed by atoms with Crippen LogP contribution in [0.25, 0.3) is 22.0 Å². The lowest BCUT2D eigenvalue weighted by Gasteiger charge is -2.34. The molecular weight excluding hydrogens is 851 g/mol. The molecule has 1 saturated heterocycles. The van der Waals surface area contributed by atoms with E-state index >= 15 is 0 Å². The largest absolute Gasteiger partial charge is 0.497 e. The van der Waals surface area contributed by atoms with Gasteiger partial charge in [-0.05, 0) is 118 Å². The van der Waals surface area contributed by atoms with Gasteiger partial charge in [0.05, 0.1) is 24.6 Å². The average molecular weight is 902 g/mol. The molecule has 3 aromatic rings. The standard InChI is InChI=1S/C44H51F4N5O9S/c1-24-8-6-7-9-28-22-43(28,40(56)52-63(58,59)32-15-16-32)51-37(54)35-21-31(23-53(35)39(55)36(25(2)18-24)50-41(57)62-42(3,4)44(46,47)48)61-38-33-17-14-30(60-5)19-27(33)20-34(49-38)26-10-12-29(45)13-11-26/h7,9-14,17,19-20,24-25,28,31-32,35-36H,6,8,15-16,18,21-23H2,1-5H3,(H,50,57)(H,51,54)(H,52,56). The van der Waals surface area contributed by atoms with E-state index in [1.54, 1.807) is 49.4 Å². The molecule has 4 amide bonds. The molecule has 2 aliphatic carbocycles. The first kappa shape index (κ1) is 45.6. The van der Waals surface area contributed by atoms with Gasteiger partial charge in [-0.15, -0.1) is 0 Å². The van der Waals surface area contributed by atoms with E-state index in [9.17, 15) is 45.2 Å². The second kappa shape index (κ2) is 17.3. The molecule has 2 aliphatic heterocycles. The van der Waals surface area contributed by atoms with Crippen LogP contribution in [0.15, 0.2) is 60.7 Å². The van der Waals surface area contributed by atoms with Gasteiger partial charge in [-0.25, -0.2) is 22.6 Å². The molecule has 3 fully saturated rings. The first-order valence-corrected chi connectivity index (χ1v) is 22.5. The molecule has 63 heavy (non-hydrogen) atoms. The zero-order valence-electron chi connectivity index (χ0n) is 35.5. The van der Waals surface area contributed by atoms with E-state index in [1.807, 2.05) is 13.0 Å². The van der Waals surface area contributed by atoms with E-state index in [1.165, 1.54) is 19.2 Å². The van der Waals surface area contributed by atoms with Gasteiger partial charge in [-0.3, -0.25) is 19.1 Å². The highest BCUT2D eigenvalue weighted by atomic mass is 32.2. The molecule has 14 nitrogen and oxygen atoms in total. The first-order chi connectivity index (χ1) is 29.6. The second-order valence-corrected chi connectivity index (χ2v) is 19.6. The Labute approximate surface area is 362 Å². The van der Waals surface area contributed by atoms with Crippen molar-refractivity contribution >= 4 is 44.6 Å². The van der Waals surface area contributed by atoms with Gasteiger partial charge in [0.1, 0.15) is 35.3 Å². The van der Waals surface area contributed by atoms with Crippen molar-refractivity contribution in [1.29, 1.82) is 0 Å². The normalized spacial score (nSPS) is 27.0. The number of ether oxygens (including phenoxy) is 3. The lowest BCUT2D eigenvalue weighted by molar-refractivity contribution is -0.244. The monoisotopic (exact) mass is 901 g/mol. The Kier molecular flexibility index (Phi) is 12.5. The first-order valence-electron chi connectivity index (χ1n) is 20.9. The fraction of sp³-hybridized carbons (Fsp3) is 0.523. The number of rotatable bonds is 9. The third-order valence-electron chi connectivity index (χ3n) is 12.3. The fourth-order valence-corrected chi connectivity index (χ4v) is 9.66. The highest BCUT2D eigenvalue weighted by Gasteiger charge is 2.62. The van der Waals surface area contributed by atoms with Crippen LogP contribution >= 0.6 is 0 Å². The Morgan fingerprint density at radius 2 is 1.71 bits per heavy atom. The predicted octanol–water partition coefficient (Wildman–Crippen LogP) is 6.33. The smallest absolute Gasteiger partial charge is 0.427 e. The minimum atomic E-state index is -4.94. The van der Waals surface area contributed by atoms with Crippen molar-refractivity contribution in [2.45, 2.75) is 113 Å². The summed E-state index contributed by atoms with van der Waals surface area (Å²) in [6.45, 7) is 4.67. The molecule has 19 heteroatoms. The van der Waals surface area contributed by atoms with Gasteiger partial charge in [-0.1, -0.05) is 26.0 Å². The average Bonchev–Trinajstić information content (AvgIpc) is 4.14. The van der Waals surface area contributed by atoms with Crippen molar-refractivity contribution in [2.75, 3.05) is 13.7 Å². The summed E-state index contributed by atoms with van der Waals surface area (Å²) < 4.78 is 100. The Bertz CT molecular complexity index is 2410. The third-order valence-corrected chi connectivity index (χ3v) is 14.2. The number of fused-ring (bicyclic) bond motifs is 3. The predicted molar refractivity (Wildman–Crippen MR) is 222 cm³/mol. The van der Waals surface area contributed by atoms with Gasteiger partial charge in [0, 0.05) is 23.3 Å². The van der Waals surface area contributed by atoms with Crippen molar-refractivity contribution < 1.29 is 59.4 Å². The minimum absolute atomic E-state index is 0.0676. The summed E-state index contributed by atoms with van der Waals surface area (Å²) in [4.78, 5) is 62.6. The fourth-order valence-electron chi connectivity index (χ4n) is 8.29. The van der Waals surface area contributed by atoms with Crippen LogP contribution in [-0.2, 0) is 29.1 Å². The van der Waals surface area contributed by atoms with Crippen molar-refractivity contribution in [2.24, 2.45) is 17.8 Å². The summed E-state index contributed by atoms with van der Waals surface area (Å²) in [6, 6.07) is 9.69. The van der Waals surface area contributed by atoms with Gasteiger partial charge in [0.25, 0.3) is 5.91 Å². The Balaban J connectivity index is 1.26. The lowest BCUT2D eigenvalue weighted by Crippen LogP contribution is -2.59. The van der Waals surface area contributed by atoms with Crippen LogP contribution < -0.4 is 24.8 Å². The third kappa shape index (κ3) is 9.87. The number of carbonyl (C=O) groups is 4. The highest BCUT2D eigenvalue weighted by Crippen LogP contribution is 2.46. The van der Waals surface area contributed by atoms with Crippen molar-refractivity contribution in [3.8, 4) is 22.9 Å². The van der Waals surface area contributed by atoms with Crippen molar-refractivity contribution in [1.82, 2.24) is 25.2 Å². The van der Waals surface area contributed by atoms with Crippen molar-refractivity contribution in [3.63, 3.8) is 0 Å². The summed E-state index contributed by atoms with van der Waals surface area (Å²) in [7, 11) is -2.52. The zero-order chi connectivity index (χ0) is 45.6. The number of allylic oxidation sites excluding steroid dienone is 1. The molecule has 7 unspecified atom stereocenters. The van der Waals surface area contributed by atoms with Crippen LogP contribution in [0, 0.1) is 23.6 Å². The number of hydrogen-bond acceptors (Lipinski definition) is 10. The molecule has 1 aromatic heterocycles. The lowest BCUT2D eigenvalue weighted by atomic mass is 9.88. The Morgan fingerprint density at radius 3 is 2.38 bits per heavy atom. The molecule has 3 heterocycles. The highest BCUT2D eigenvalue weighted by molar-refractivity contribution is 7.91. The van der Waals surface area contributed by atoms with E-state index in [0.717, 1.165) is 4.90 Å². The number of halogens is 4. The number of hydrogen-bond donors (Lipinski definition) is 3. The maximum Gasteiger partial charge on any atom is 0.427 e. The van der Waals surface area contributed by atoms with Gasteiger partial charge < -0.3 is 29.7 Å². The molecule has 340 valence electrons. The number of amides is 4. The molecular formula is C44H51F4N5O9S. The number of carbonyl (C=O) groups excluding carboxylic acids is 4. The number of nitrogens with one attached hydrogen (secondary N) is 3. The van der Waals surface area contributed by atoms with Crippen LogP contribution in [0.2, 0.25) is 0 Å². The van der Waals surface area contributed by atoms with Gasteiger partial charge in [0.15, 0.2) is 0 Å². The summed E-state index contributed by atoms with van der Waals surface area (Å²) in [5.41, 5.74) is -3.63. The number of methoxy groups -OCH3 is 1. The number of alkyl carbamates (subject to hydrolysis) is 1. The number of benzene rings is 2. The van der Waals surface area contributed by atoms with Crippen LogP contribution in [0.5, 0.6) is 11.6 Å². The number of alkyl halides is 3. The molecule has 2 saturated carbocycles. The Hall–Kier alpha value is -5.46. The van der Waals surface area contributed by atoms with E-state index in [4.69, 9.17) is 19.2 Å². The van der Waals surface area contributed by atoms with E-state index in [0.29, 0.717) is 73.7 Å². The summed E-state index contributed by atoms with van der Waals surface area (Å²) >= 11 is 0. The maximum absolute atomic E-state index is 14.9. The number of aromatic nitrogens is 1. The number of pyridine rings is 1. The summed E-state index contributed by atoms with van der Waals surface area (Å²) in [6.07, 6.45) is -1.66. The number of sulfonamides is 1. The topological polar surface area (TPSA) is 182 Å². The van der Waals surface area contributed by atoms with Crippen molar-refractivity contribution in [3.05, 3.63) is 66.5 Å². The van der Waals surface area contributed by atoms with Crippen LogP contribution in [0.3, 0.4) is 0 Å².